The van der Waals surface area contributed by atoms with Crippen molar-refractivity contribution in [3.05, 3.63) is 47.5 Å². The Morgan fingerprint density at radius 2 is 1.97 bits per heavy atom. The van der Waals surface area contributed by atoms with E-state index in [1.807, 2.05) is 14.0 Å². The fourth-order valence-electron chi connectivity index (χ4n) is 3.03. The van der Waals surface area contributed by atoms with E-state index in [2.05, 4.69) is 54.8 Å². The van der Waals surface area contributed by atoms with Crippen LogP contribution in [0.3, 0.4) is 0 Å². The van der Waals surface area contributed by atoms with Crippen LogP contribution in [0.25, 0.3) is 0 Å². The molecule has 2 heterocycles. The first-order valence-corrected chi connectivity index (χ1v) is 11.5. The number of likely N-dealkylation sites (tertiary alicyclic amines) is 1. The van der Waals surface area contributed by atoms with Gasteiger partial charge in [0.2, 0.25) is 5.91 Å². The maximum atomic E-state index is 12.5. The van der Waals surface area contributed by atoms with Crippen molar-refractivity contribution >= 4 is 23.3 Å². The number of anilines is 1. The van der Waals surface area contributed by atoms with E-state index >= 15 is 0 Å². The fraction of sp³-hybridized carbons (Fsp3) is 0.583. The minimum atomic E-state index is -0.282. The SMILES string of the molecule is C=C(O)/C=C(\NC)C1CCCN(C(C)C(=O)Nc2ccc(Cl)cn2)C1.CCC.CCC. The van der Waals surface area contributed by atoms with Crippen LogP contribution in [-0.4, -0.2) is 47.1 Å². The van der Waals surface area contributed by atoms with Crippen molar-refractivity contribution in [2.75, 3.05) is 25.5 Å². The average molecular weight is 453 g/mol. The molecule has 1 aliphatic heterocycles. The standard InChI is InChI=1S/C18H25ClN4O2.2C3H8/c1-12(24)9-16(20-3)14-5-4-8-23(11-14)13(2)18(25)22-17-7-6-15(19)10-21-17;2*1-3-2/h6-7,9-10,13-14,20,24H,1,4-5,8,11H2,2-3H3,(H,21,22,25);2*3H2,1-2H3/b16-9-;;. The largest absolute Gasteiger partial charge is 0.509 e. The third kappa shape index (κ3) is 11.8. The van der Waals surface area contributed by atoms with Crippen LogP contribution in [0.15, 0.2) is 42.4 Å². The summed E-state index contributed by atoms with van der Waals surface area (Å²) in [5.41, 5.74) is 0.934. The van der Waals surface area contributed by atoms with Crippen LogP contribution >= 0.6 is 11.6 Å². The summed E-state index contributed by atoms with van der Waals surface area (Å²) in [5, 5.41) is 15.9. The summed E-state index contributed by atoms with van der Waals surface area (Å²) < 4.78 is 0. The van der Waals surface area contributed by atoms with Crippen molar-refractivity contribution in [3.63, 3.8) is 0 Å². The Bertz CT molecular complexity index is 675. The summed E-state index contributed by atoms with van der Waals surface area (Å²) in [5.74, 6) is 0.645. The van der Waals surface area contributed by atoms with Gasteiger partial charge in [-0.05, 0) is 44.5 Å². The van der Waals surface area contributed by atoms with Gasteiger partial charge in [-0.25, -0.2) is 4.98 Å². The van der Waals surface area contributed by atoms with Gasteiger partial charge in [-0.1, -0.05) is 58.7 Å². The predicted molar refractivity (Wildman–Crippen MR) is 132 cm³/mol. The molecule has 1 amide bonds. The summed E-state index contributed by atoms with van der Waals surface area (Å²) in [6.07, 6.45) is 7.64. The van der Waals surface area contributed by atoms with Crippen LogP contribution in [0.2, 0.25) is 5.02 Å². The van der Waals surface area contributed by atoms with Gasteiger partial charge in [0.25, 0.3) is 0 Å². The molecule has 0 aliphatic carbocycles. The van der Waals surface area contributed by atoms with Gasteiger partial charge < -0.3 is 15.7 Å². The molecule has 31 heavy (non-hydrogen) atoms. The Hall–Kier alpha value is -2.05. The third-order valence-corrected chi connectivity index (χ3v) is 4.63. The number of amides is 1. The number of carbonyl (C=O) groups is 1. The minimum Gasteiger partial charge on any atom is -0.509 e. The number of halogens is 1. The van der Waals surface area contributed by atoms with Crippen LogP contribution in [0.5, 0.6) is 0 Å². The van der Waals surface area contributed by atoms with Gasteiger partial charge in [-0.15, -0.1) is 0 Å². The molecule has 0 radical (unpaired) electrons. The lowest BCUT2D eigenvalue weighted by atomic mass is 9.93. The number of carbonyl (C=O) groups excluding carboxylic acids is 1. The maximum Gasteiger partial charge on any atom is 0.242 e. The highest BCUT2D eigenvalue weighted by molar-refractivity contribution is 6.30. The van der Waals surface area contributed by atoms with Crippen molar-refractivity contribution < 1.29 is 9.90 Å². The molecule has 1 fully saturated rings. The number of hydrogen-bond donors (Lipinski definition) is 3. The highest BCUT2D eigenvalue weighted by atomic mass is 35.5. The molecule has 2 atom stereocenters. The first-order valence-electron chi connectivity index (χ1n) is 11.2. The predicted octanol–water partition coefficient (Wildman–Crippen LogP) is 5.78. The summed E-state index contributed by atoms with van der Waals surface area (Å²) in [6, 6.07) is 3.09. The highest BCUT2D eigenvalue weighted by Crippen LogP contribution is 2.24. The van der Waals surface area contributed by atoms with E-state index in [0.29, 0.717) is 10.8 Å². The van der Waals surface area contributed by atoms with Gasteiger partial charge in [-0.3, -0.25) is 9.69 Å². The number of nitrogens with zero attached hydrogens (tertiary/aromatic N) is 2. The van der Waals surface area contributed by atoms with E-state index in [4.69, 9.17) is 11.6 Å². The number of hydrogen-bond acceptors (Lipinski definition) is 5. The van der Waals surface area contributed by atoms with E-state index in [1.165, 1.54) is 19.0 Å². The van der Waals surface area contributed by atoms with Crippen molar-refractivity contribution in [1.82, 2.24) is 15.2 Å². The lowest BCUT2D eigenvalue weighted by Crippen LogP contribution is -2.48. The van der Waals surface area contributed by atoms with E-state index < -0.39 is 0 Å². The van der Waals surface area contributed by atoms with Gasteiger partial charge >= 0.3 is 0 Å². The first kappa shape index (κ1) is 28.9. The molecule has 1 aromatic heterocycles. The van der Waals surface area contributed by atoms with E-state index in [9.17, 15) is 9.90 Å². The zero-order valence-corrected chi connectivity index (χ0v) is 20.8. The molecule has 0 spiro atoms. The molecule has 0 bridgehead atoms. The van der Waals surface area contributed by atoms with E-state index in [1.54, 1.807) is 18.2 Å². The van der Waals surface area contributed by atoms with Crippen molar-refractivity contribution in [3.8, 4) is 0 Å². The Balaban J connectivity index is 0.00000134. The lowest BCUT2D eigenvalue weighted by Gasteiger charge is -2.37. The van der Waals surface area contributed by atoms with Gasteiger partial charge in [0.1, 0.15) is 11.6 Å². The quantitative estimate of drug-likeness (QED) is 0.376. The summed E-state index contributed by atoms with van der Waals surface area (Å²) in [6.45, 7) is 15.5. The third-order valence-electron chi connectivity index (χ3n) is 4.41. The molecule has 0 aromatic carbocycles. The Morgan fingerprint density at radius 1 is 1.35 bits per heavy atom. The molecule has 0 saturated carbocycles. The Morgan fingerprint density at radius 3 is 2.45 bits per heavy atom. The Kier molecular flexibility index (Phi) is 15.5. The van der Waals surface area contributed by atoms with Gasteiger partial charge in [0, 0.05) is 31.4 Å². The fourth-order valence-corrected chi connectivity index (χ4v) is 3.14. The van der Waals surface area contributed by atoms with Crippen LogP contribution in [-0.2, 0) is 4.79 Å². The Labute approximate surface area is 193 Å². The second-order valence-corrected chi connectivity index (χ2v) is 8.05. The number of allylic oxidation sites excluding steroid dienone is 1. The van der Waals surface area contributed by atoms with Gasteiger partial charge in [0.15, 0.2) is 0 Å². The maximum absolute atomic E-state index is 12.5. The zero-order chi connectivity index (χ0) is 23.8. The molecular weight excluding hydrogens is 412 g/mol. The highest BCUT2D eigenvalue weighted by Gasteiger charge is 2.29. The van der Waals surface area contributed by atoms with Crippen LogP contribution in [0.1, 0.15) is 60.3 Å². The van der Waals surface area contributed by atoms with Crippen LogP contribution < -0.4 is 10.6 Å². The minimum absolute atomic E-state index is 0.0288. The van der Waals surface area contributed by atoms with Crippen molar-refractivity contribution in [1.29, 1.82) is 0 Å². The van der Waals surface area contributed by atoms with E-state index in [-0.39, 0.29) is 23.6 Å². The molecule has 2 unspecified atom stereocenters. The number of piperidine rings is 1. The normalized spacial score (nSPS) is 17.3. The van der Waals surface area contributed by atoms with Gasteiger partial charge in [0.05, 0.1) is 11.1 Å². The molecule has 6 nitrogen and oxygen atoms in total. The zero-order valence-electron chi connectivity index (χ0n) is 20.0. The van der Waals surface area contributed by atoms with Gasteiger partial charge in [-0.2, -0.15) is 0 Å². The van der Waals surface area contributed by atoms with Crippen LogP contribution in [0.4, 0.5) is 5.82 Å². The number of rotatable bonds is 6. The topological polar surface area (TPSA) is 77.5 Å². The molecule has 3 N–H and O–H groups in total. The lowest BCUT2D eigenvalue weighted by molar-refractivity contribution is -0.121. The summed E-state index contributed by atoms with van der Waals surface area (Å²) in [4.78, 5) is 18.7. The molecule has 1 aromatic rings. The monoisotopic (exact) mass is 452 g/mol. The molecule has 7 heteroatoms. The molecule has 1 aliphatic rings. The molecule has 2 rings (SSSR count). The second-order valence-electron chi connectivity index (χ2n) is 7.62. The molecular formula is C24H41ClN4O2. The number of aliphatic hydroxyl groups is 1. The molecule has 1 saturated heterocycles. The first-order chi connectivity index (χ1) is 14.7. The number of aromatic nitrogens is 1. The number of nitrogens with one attached hydrogen (secondary N) is 2. The average Bonchev–Trinajstić information content (AvgIpc) is 2.74. The van der Waals surface area contributed by atoms with E-state index in [0.717, 1.165) is 31.6 Å². The second kappa shape index (κ2) is 16.6. The number of pyridine rings is 1. The number of aliphatic hydroxyl groups excluding tert-OH is 1. The smallest absolute Gasteiger partial charge is 0.242 e. The summed E-state index contributed by atoms with van der Waals surface area (Å²) in [7, 11) is 1.83. The van der Waals surface area contributed by atoms with Crippen LogP contribution in [0, 0.1) is 5.92 Å². The van der Waals surface area contributed by atoms with Crippen molar-refractivity contribution in [2.45, 2.75) is 66.3 Å². The van der Waals surface area contributed by atoms with Crippen molar-refractivity contribution in [2.24, 2.45) is 5.92 Å². The summed E-state index contributed by atoms with van der Waals surface area (Å²) >= 11 is 5.81. The molecule has 176 valence electrons.